The van der Waals surface area contributed by atoms with E-state index < -0.39 is 0 Å². The fraction of sp³-hybridized carbons (Fsp3) is 0.278. The minimum atomic E-state index is -0.0274. The number of fused-ring (bicyclic) bond motifs is 1. The Balaban J connectivity index is 1.61. The van der Waals surface area contributed by atoms with Gasteiger partial charge in [-0.25, -0.2) is 4.79 Å². The number of para-hydroxylation sites is 1. The second kappa shape index (κ2) is 6.52. The van der Waals surface area contributed by atoms with Crippen LogP contribution in [0, 0.1) is 0 Å². The van der Waals surface area contributed by atoms with Crippen LogP contribution in [0.2, 0.25) is 0 Å². The van der Waals surface area contributed by atoms with E-state index in [4.69, 9.17) is 4.74 Å². The molecule has 0 bridgehead atoms. The average molecular weight is 296 g/mol. The van der Waals surface area contributed by atoms with Crippen LogP contribution >= 0.6 is 0 Å². The van der Waals surface area contributed by atoms with Gasteiger partial charge < -0.3 is 15.0 Å². The van der Waals surface area contributed by atoms with Crippen LogP contribution in [0.1, 0.15) is 16.7 Å². The molecule has 22 heavy (non-hydrogen) atoms. The highest BCUT2D eigenvalue weighted by Gasteiger charge is 2.20. The van der Waals surface area contributed by atoms with Gasteiger partial charge in [0.15, 0.2) is 0 Å². The van der Waals surface area contributed by atoms with Gasteiger partial charge in [-0.3, -0.25) is 0 Å². The topological polar surface area (TPSA) is 41.6 Å². The largest absolute Gasteiger partial charge is 0.496 e. The molecule has 0 saturated carbocycles. The molecule has 0 spiro atoms. The summed E-state index contributed by atoms with van der Waals surface area (Å²) >= 11 is 0. The Morgan fingerprint density at radius 3 is 2.68 bits per heavy atom. The van der Waals surface area contributed by atoms with Gasteiger partial charge in [-0.1, -0.05) is 42.5 Å². The van der Waals surface area contributed by atoms with Crippen LogP contribution in [0.5, 0.6) is 5.75 Å². The first-order valence-electron chi connectivity index (χ1n) is 7.49. The predicted octanol–water partition coefficient (Wildman–Crippen LogP) is 2.96. The van der Waals surface area contributed by atoms with E-state index in [1.807, 2.05) is 35.2 Å². The summed E-state index contributed by atoms with van der Waals surface area (Å²) in [7, 11) is 1.64. The molecule has 0 radical (unpaired) electrons. The van der Waals surface area contributed by atoms with Gasteiger partial charge >= 0.3 is 6.03 Å². The number of carbonyl (C=O) groups excluding carboxylic acids is 1. The Bertz CT molecular complexity index is 670. The first kappa shape index (κ1) is 14.4. The van der Waals surface area contributed by atoms with E-state index in [0.29, 0.717) is 13.1 Å². The third kappa shape index (κ3) is 3.06. The highest BCUT2D eigenvalue weighted by molar-refractivity contribution is 5.74. The molecule has 1 heterocycles. The van der Waals surface area contributed by atoms with Crippen molar-refractivity contribution in [3.63, 3.8) is 0 Å². The van der Waals surface area contributed by atoms with Crippen LogP contribution < -0.4 is 10.1 Å². The first-order valence-corrected chi connectivity index (χ1v) is 7.49. The molecule has 3 rings (SSSR count). The van der Waals surface area contributed by atoms with Crippen LogP contribution in [0.15, 0.2) is 48.5 Å². The van der Waals surface area contributed by atoms with Crippen molar-refractivity contribution in [2.75, 3.05) is 13.7 Å². The number of amides is 2. The molecule has 2 amide bonds. The second-order valence-corrected chi connectivity index (χ2v) is 5.41. The summed E-state index contributed by atoms with van der Waals surface area (Å²) in [6.45, 7) is 1.91. The Labute approximate surface area is 130 Å². The van der Waals surface area contributed by atoms with E-state index in [-0.39, 0.29) is 6.03 Å². The number of methoxy groups -OCH3 is 1. The van der Waals surface area contributed by atoms with Crippen molar-refractivity contribution in [2.24, 2.45) is 0 Å². The van der Waals surface area contributed by atoms with Gasteiger partial charge in [0.1, 0.15) is 5.75 Å². The monoisotopic (exact) mass is 296 g/mol. The van der Waals surface area contributed by atoms with Crippen molar-refractivity contribution in [2.45, 2.75) is 19.5 Å². The molecule has 1 aliphatic rings. The molecule has 1 aliphatic heterocycles. The molecule has 0 aromatic heterocycles. The third-order valence-corrected chi connectivity index (χ3v) is 4.04. The Hall–Kier alpha value is -2.49. The Morgan fingerprint density at radius 2 is 1.86 bits per heavy atom. The molecule has 0 fully saturated rings. The Morgan fingerprint density at radius 1 is 1.14 bits per heavy atom. The molecule has 4 heteroatoms. The average Bonchev–Trinajstić information content (AvgIpc) is 2.59. The molecule has 0 atom stereocenters. The fourth-order valence-electron chi connectivity index (χ4n) is 2.80. The minimum Gasteiger partial charge on any atom is -0.496 e. The smallest absolute Gasteiger partial charge is 0.317 e. The van der Waals surface area contributed by atoms with Crippen LogP contribution in [0.25, 0.3) is 0 Å². The van der Waals surface area contributed by atoms with Crippen LogP contribution in [0.3, 0.4) is 0 Å². The summed E-state index contributed by atoms with van der Waals surface area (Å²) in [6.07, 6.45) is 0.915. The SMILES string of the molecule is COc1ccccc1CNC(=O)N1CCc2ccccc2C1. The summed E-state index contributed by atoms with van der Waals surface area (Å²) in [5.41, 5.74) is 3.56. The fourth-order valence-corrected chi connectivity index (χ4v) is 2.80. The van der Waals surface area contributed by atoms with E-state index in [2.05, 4.69) is 23.5 Å². The molecule has 114 valence electrons. The standard InChI is InChI=1S/C18H20N2O2/c1-22-17-9-5-4-7-15(17)12-19-18(21)20-11-10-14-6-2-3-8-16(14)13-20/h2-9H,10-13H2,1H3,(H,19,21). The highest BCUT2D eigenvalue weighted by Crippen LogP contribution is 2.19. The molecule has 1 N–H and O–H groups in total. The number of ether oxygens (including phenoxy) is 1. The zero-order valence-electron chi connectivity index (χ0n) is 12.7. The summed E-state index contributed by atoms with van der Waals surface area (Å²) in [4.78, 5) is 14.2. The van der Waals surface area contributed by atoms with Gasteiger partial charge in [0.2, 0.25) is 0 Å². The summed E-state index contributed by atoms with van der Waals surface area (Å²) < 4.78 is 5.30. The van der Waals surface area contributed by atoms with E-state index in [0.717, 1.165) is 24.3 Å². The van der Waals surface area contributed by atoms with Gasteiger partial charge in [0, 0.05) is 25.2 Å². The molecule has 2 aromatic carbocycles. The van der Waals surface area contributed by atoms with Crippen molar-refractivity contribution in [3.8, 4) is 5.75 Å². The van der Waals surface area contributed by atoms with Gasteiger partial charge in [0.05, 0.1) is 7.11 Å². The van der Waals surface area contributed by atoms with E-state index in [1.54, 1.807) is 7.11 Å². The number of nitrogens with one attached hydrogen (secondary N) is 1. The maximum Gasteiger partial charge on any atom is 0.317 e. The molecule has 2 aromatic rings. The second-order valence-electron chi connectivity index (χ2n) is 5.41. The van der Waals surface area contributed by atoms with Crippen LogP contribution in [-0.4, -0.2) is 24.6 Å². The van der Waals surface area contributed by atoms with E-state index in [9.17, 15) is 4.79 Å². The number of rotatable bonds is 3. The van der Waals surface area contributed by atoms with Gasteiger partial charge in [0.25, 0.3) is 0 Å². The third-order valence-electron chi connectivity index (χ3n) is 4.04. The van der Waals surface area contributed by atoms with E-state index in [1.165, 1.54) is 11.1 Å². The minimum absolute atomic E-state index is 0.0274. The molecular formula is C18H20N2O2. The van der Waals surface area contributed by atoms with Crippen molar-refractivity contribution >= 4 is 6.03 Å². The zero-order valence-corrected chi connectivity index (χ0v) is 12.7. The molecular weight excluding hydrogens is 276 g/mol. The summed E-state index contributed by atoms with van der Waals surface area (Å²) in [5, 5.41) is 2.98. The van der Waals surface area contributed by atoms with Gasteiger partial charge in [-0.15, -0.1) is 0 Å². The quantitative estimate of drug-likeness (QED) is 0.946. The number of hydrogen-bond donors (Lipinski definition) is 1. The molecule has 0 unspecified atom stereocenters. The first-order chi connectivity index (χ1) is 10.8. The lowest BCUT2D eigenvalue weighted by Crippen LogP contribution is -2.42. The number of benzene rings is 2. The Kier molecular flexibility index (Phi) is 4.28. The van der Waals surface area contributed by atoms with Crippen molar-refractivity contribution in [1.29, 1.82) is 0 Å². The van der Waals surface area contributed by atoms with Gasteiger partial charge in [-0.05, 0) is 23.6 Å². The molecule has 4 nitrogen and oxygen atoms in total. The zero-order chi connectivity index (χ0) is 15.4. The maximum absolute atomic E-state index is 12.4. The van der Waals surface area contributed by atoms with Crippen LogP contribution in [0.4, 0.5) is 4.79 Å². The van der Waals surface area contributed by atoms with E-state index >= 15 is 0 Å². The van der Waals surface area contributed by atoms with Crippen molar-refractivity contribution in [1.82, 2.24) is 10.2 Å². The number of hydrogen-bond acceptors (Lipinski definition) is 2. The van der Waals surface area contributed by atoms with Crippen molar-refractivity contribution < 1.29 is 9.53 Å². The normalized spacial score (nSPS) is 13.4. The number of urea groups is 1. The number of nitrogens with zero attached hydrogens (tertiary/aromatic N) is 1. The van der Waals surface area contributed by atoms with Gasteiger partial charge in [-0.2, -0.15) is 0 Å². The lowest BCUT2D eigenvalue weighted by molar-refractivity contribution is 0.192. The molecule has 0 saturated heterocycles. The summed E-state index contributed by atoms with van der Waals surface area (Å²) in [6, 6.07) is 16.0. The molecule has 0 aliphatic carbocycles. The maximum atomic E-state index is 12.4. The predicted molar refractivity (Wildman–Crippen MR) is 85.8 cm³/mol. The highest BCUT2D eigenvalue weighted by atomic mass is 16.5. The summed E-state index contributed by atoms with van der Waals surface area (Å²) in [5.74, 6) is 0.798. The van der Waals surface area contributed by atoms with Crippen LogP contribution in [-0.2, 0) is 19.5 Å². The lowest BCUT2D eigenvalue weighted by Gasteiger charge is -2.29. The number of carbonyl (C=O) groups is 1. The lowest BCUT2D eigenvalue weighted by atomic mass is 10.0. The van der Waals surface area contributed by atoms with Crippen molar-refractivity contribution in [3.05, 3.63) is 65.2 Å².